The lowest BCUT2D eigenvalue weighted by molar-refractivity contribution is 1.13. The number of anilines is 1. The maximum absolute atomic E-state index is 5.50. The molecule has 2 N–H and O–H groups in total. The number of nitrogens with zero attached hydrogens (tertiary/aromatic N) is 1. The standard InChI is InChI=1S/C8H10N2S/c9-6-1-4-8(10-5-6)11-7-2-3-7/h1,4-5,7H,2-3,9H2. The summed E-state index contributed by atoms with van der Waals surface area (Å²) in [5.74, 6) is 0. The first-order chi connectivity index (χ1) is 5.34. The van der Waals surface area contributed by atoms with E-state index in [9.17, 15) is 0 Å². The Bertz CT molecular complexity index is 241. The van der Waals surface area contributed by atoms with Gasteiger partial charge in [0.2, 0.25) is 0 Å². The SMILES string of the molecule is Nc1ccc(SC2CC2)nc1. The molecule has 1 aliphatic carbocycles. The zero-order valence-electron chi connectivity index (χ0n) is 6.16. The van der Waals surface area contributed by atoms with Crippen LogP contribution >= 0.6 is 11.8 Å². The number of nitrogen functional groups attached to an aromatic ring is 1. The molecule has 0 spiro atoms. The summed E-state index contributed by atoms with van der Waals surface area (Å²) in [6, 6.07) is 3.88. The Balaban J connectivity index is 2.06. The number of hydrogen-bond acceptors (Lipinski definition) is 3. The maximum atomic E-state index is 5.50. The number of hydrogen-bond donors (Lipinski definition) is 1. The van der Waals surface area contributed by atoms with Crippen LogP contribution in [0.4, 0.5) is 5.69 Å². The molecule has 2 nitrogen and oxygen atoms in total. The van der Waals surface area contributed by atoms with Crippen LogP contribution in [0.5, 0.6) is 0 Å². The molecule has 0 atom stereocenters. The van der Waals surface area contributed by atoms with E-state index in [-0.39, 0.29) is 0 Å². The molecule has 1 fully saturated rings. The van der Waals surface area contributed by atoms with Crippen molar-refractivity contribution in [3.8, 4) is 0 Å². The molecule has 0 bridgehead atoms. The Morgan fingerprint density at radius 1 is 1.45 bits per heavy atom. The zero-order valence-corrected chi connectivity index (χ0v) is 6.97. The Labute approximate surface area is 70.2 Å². The molecule has 0 aromatic carbocycles. The van der Waals surface area contributed by atoms with Crippen LogP contribution in [0.1, 0.15) is 12.8 Å². The predicted octanol–water partition coefficient (Wildman–Crippen LogP) is 1.92. The molecule has 0 amide bonds. The van der Waals surface area contributed by atoms with E-state index in [1.807, 2.05) is 23.9 Å². The second-order valence-corrected chi connectivity index (χ2v) is 4.07. The molecule has 2 rings (SSSR count). The van der Waals surface area contributed by atoms with Gasteiger partial charge in [-0.2, -0.15) is 0 Å². The van der Waals surface area contributed by atoms with Gasteiger partial charge in [-0.15, -0.1) is 11.8 Å². The third kappa shape index (κ3) is 1.87. The van der Waals surface area contributed by atoms with E-state index in [0.29, 0.717) is 0 Å². The van der Waals surface area contributed by atoms with E-state index in [1.165, 1.54) is 12.8 Å². The molecule has 11 heavy (non-hydrogen) atoms. The number of aromatic nitrogens is 1. The number of rotatable bonds is 2. The molecule has 1 aromatic rings. The van der Waals surface area contributed by atoms with Gasteiger partial charge in [0.15, 0.2) is 0 Å². The molecule has 0 aliphatic heterocycles. The fourth-order valence-corrected chi connectivity index (χ4v) is 1.79. The molecule has 1 saturated carbocycles. The van der Waals surface area contributed by atoms with Crippen molar-refractivity contribution in [3.63, 3.8) is 0 Å². The fraction of sp³-hybridized carbons (Fsp3) is 0.375. The van der Waals surface area contributed by atoms with Crippen LogP contribution in [0.25, 0.3) is 0 Å². The third-order valence-corrected chi connectivity index (χ3v) is 2.86. The quantitative estimate of drug-likeness (QED) is 0.729. The van der Waals surface area contributed by atoms with Crippen molar-refractivity contribution in [2.24, 2.45) is 0 Å². The van der Waals surface area contributed by atoms with Gasteiger partial charge in [0.25, 0.3) is 0 Å². The smallest absolute Gasteiger partial charge is 0.0964 e. The highest BCUT2D eigenvalue weighted by molar-refractivity contribution is 8.00. The summed E-state index contributed by atoms with van der Waals surface area (Å²) in [7, 11) is 0. The van der Waals surface area contributed by atoms with Gasteiger partial charge in [0.05, 0.1) is 16.9 Å². The zero-order chi connectivity index (χ0) is 7.68. The van der Waals surface area contributed by atoms with E-state index in [1.54, 1.807) is 6.20 Å². The largest absolute Gasteiger partial charge is 0.397 e. The van der Waals surface area contributed by atoms with Crippen molar-refractivity contribution >= 4 is 17.4 Å². The van der Waals surface area contributed by atoms with Crippen molar-refractivity contribution < 1.29 is 0 Å². The molecule has 0 radical (unpaired) electrons. The van der Waals surface area contributed by atoms with Crippen LogP contribution in [-0.2, 0) is 0 Å². The minimum atomic E-state index is 0.741. The number of nitrogens with two attached hydrogens (primary N) is 1. The van der Waals surface area contributed by atoms with Crippen LogP contribution in [0.2, 0.25) is 0 Å². The van der Waals surface area contributed by atoms with Crippen LogP contribution < -0.4 is 5.73 Å². The van der Waals surface area contributed by atoms with Gasteiger partial charge >= 0.3 is 0 Å². The van der Waals surface area contributed by atoms with Crippen LogP contribution in [-0.4, -0.2) is 10.2 Å². The molecule has 58 valence electrons. The van der Waals surface area contributed by atoms with Gasteiger partial charge in [-0.3, -0.25) is 0 Å². The third-order valence-electron chi connectivity index (χ3n) is 1.57. The predicted molar refractivity (Wildman–Crippen MR) is 47.5 cm³/mol. The van der Waals surface area contributed by atoms with Gasteiger partial charge in [0.1, 0.15) is 0 Å². The highest BCUT2D eigenvalue weighted by Crippen LogP contribution is 2.38. The highest BCUT2D eigenvalue weighted by atomic mass is 32.2. The highest BCUT2D eigenvalue weighted by Gasteiger charge is 2.22. The number of pyridine rings is 1. The number of thioether (sulfide) groups is 1. The van der Waals surface area contributed by atoms with Crippen LogP contribution in [0.15, 0.2) is 23.4 Å². The first-order valence-corrected chi connectivity index (χ1v) is 4.61. The first-order valence-electron chi connectivity index (χ1n) is 3.73. The monoisotopic (exact) mass is 166 g/mol. The molecular formula is C8H10N2S. The van der Waals surface area contributed by atoms with Crippen molar-refractivity contribution in [1.82, 2.24) is 4.98 Å². The molecular weight excluding hydrogens is 156 g/mol. The van der Waals surface area contributed by atoms with Crippen molar-refractivity contribution in [2.75, 3.05) is 5.73 Å². The summed E-state index contributed by atoms with van der Waals surface area (Å²) in [5.41, 5.74) is 6.24. The van der Waals surface area contributed by atoms with E-state index in [2.05, 4.69) is 4.98 Å². The van der Waals surface area contributed by atoms with Gasteiger partial charge in [-0.1, -0.05) is 0 Å². The van der Waals surface area contributed by atoms with Gasteiger partial charge in [-0.05, 0) is 25.0 Å². The van der Waals surface area contributed by atoms with E-state index < -0.39 is 0 Å². The summed E-state index contributed by atoms with van der Waals surface area (Å²) in [4.78, 5) is 4.20. The van der Waals surface area contributed by atoms with Gasteiger partial charge in [-0.25, -0.2) is 4.98 Å². The fourth-order valence-electron chi connectivity index (χ4n) is 0.818. The first kappa shape index (κ1) is 6.98. The minimum Gasteiger partial charge on any atom is -0.397 e. The summed E-state index contributed by atoms with van der Waals surface area (Å²) in [5, 5.41) is 1.92. The van der Waals surface area contributed by atoms with Gasteiger partial charge in [0, 0.05) is 5.25 Å². The van der Waals surface area contributed by atoms with E-state index >= 15 is 0 Å². The second-order valence-electron chi connectivity index (χ2n) is 2.75. The lowest BCUT2D eigenvalue weighted by Crippen LogP contribution is -1.86. The minimum absolute atomic E-state index is 0.741. The molecule has 3 heteroatoms. The van der Waals surface area contributed by atoms with E-state index in [4.69, 9.17) is 5.73 Å². The lowest BCUT2D eigenvalue weighted by atomic mass is 10.4. The van der Waals surface area contributed by atoms with Gasteiger partial charge < -0.3 is 5.73 Å². The van der Waals surface area contributed by atoms with Crippen molar-refractivity contribution in [1.29, 1.82) is 0 Å². The van der Waals surface area contributed by atoms with Crippen molar-refractivity contribution in [3.05, 3.63) is 18.3 Å². The molecule has 1 heterocycles. The molecule has 0 saturated heterocycles. The average molecular weight is 166 g/mol. The Kier molecular flexibility index (Phi) is 1.74. The summed E-state index contributed by atoms with van der Waals surface area (Å²) >= 11 is 1.85. The summed E-state index contributed by atoms with van der Waals surface area (Å²) in [6.07, 6.45) is 4.40. The van der Waals surface area contributed by atoms with Crippen LogP contribution in [0, 0.1) is 0 Å². The average Bonchev–Trinajstić information content (AvgIpc) is 2.78. The van der Waals surface area contributed by atoms with Crippen LogP contribution in [0.3, 0.4) is 0 Å². The lowest BCUT2D eigenvalue weighted by Gasteiger charge is -1.97. The second kappa shape index (κ2) is 2.74. The normalized spacial score (nSPS) is 16.7. The topological polar surface area (TPSA) is 38.9 Å². The molecule has 1 aromatic heterocycles. The summed E-state index contributed by atoms with van der Waals surface area (Å²) < 4.78 is 0. The molecule has 0 unspecified atom stereocenters. The Hall–Kier alpha value is -0.700. The molecule has 1 aliphatic rings. The summed E-state index contributed by atoms with van der Waals surface area (Å²) in [6.45, 7) is 0. The Morgan fingerprint density at radius 2 is 2.27 bits per heavy atom. The Morgan fingerprint density at radius 3 is 2.82 bits per heavy atom. The maximum Gasteiger partial charge on any atom is 0.0964 e. The van der Waals surface area contributed by atoms with Crippen molar-refractivity contribution in [2.45, 2.75) is 23.1 Å². The van der Waals surface area contributed by atoms with E-state index in [0.717, 1.165) is 16.0 Å².